The number of hydrogen-bond donors (Lipinski definition) is 1. The molecule has 1 aliphatic heterocycles. The van der Waals surface area contributed by atoms with Crippen LogP contribution < -0.4 is 5.32 Å². The normalized spacial score (nSPS) is 21.2. The SMILES string of the molecule is CC(=O)/C=C1/NCC(OCc2ccccc2)CC1=O. The van der Waals surface area contributed by atoms with Crippen LogP contribution in [0.5, 0.6) is 0 Å². The Morgan fingerprint density at radius 2 is 2.16 bits per heavy atom. The molecule has 0 aliphatic carbocycles. The number of carbonyl (C=O) groups is 2. The minimum absolute atomic E-state index is 0.0699. The van der Waals surface area contributed by atoms with Gasteiger partial charge in [-0.05, 0) is 12.5 Å². The number of carbonyl (C=O) groups excluding carboxylic acids is 2. The molecular formula is C15H17NO3. The number of Topliss-reactive ketones (excluding diaryl/α,β-unsaturated/α-hetero) is 1. The average molecular weight is 259 g/mol. The first-order valence-corrected chi connectivity index (χ1v) is 6.30. The number of benzene rings is 1. The van der Waals surface area contributed by atoms with Crippen LogP contribution in [0.1, 0.15) is 18.9 Å². The monoisotopic (exact) mass is 259 g/mol. The molecule has 1 fully saturated rings. The van der Waals surface area contributed by atoms with Crippen LogP contribution in [-0.2, 0) is 20.9 Å². The molecule has 1 aromatic carbocycles. The van der Waals surface area contributed by atoms with Crippen molar-refractivity contribution in [2.24, 2.45) is 0 Å². The number of rotatable bonds is 4. The molecular weight excluding hydrogens is 242 g/mol. The minimum atomic E-state index is -0.142. The van der Waals surface area contributed by atoms with E-state index in [1.165, 1.54) is 13.0 Å². The van der Waals surface area contributed by atoms with E-state index in [9.17, 15) is 9.59 Å². The molecule has 0 aromatic heterocycles. The minimum Gasteiger partial charge on any atom is -0.379 e. The highest BCUT2D eigenvalue weighted by Crippen LogP contribution is 2.13. The van der Waals surface area contributed by atoms with Crippen molar-refractivity contribution < 1.29 is 14.3 Å². The number of piperidine rings is 1. The lowest BCUT2D eigenvalue weighted by molar-refractivity contribution is -0.121. The molecule has 1 saturated heterocycles. The summed E-state index contributed by atoms with van der Waals surface area (Å²) >= 11 is 0. The standard InChI is InChI=1S/C15H17NO3/c1-11(17)7-14-15(18)8-13(9-16-14)19-10-12-5-3-2-4-6-12/h2-7,13,16H,8-10H2,1H3/b14-7+. The van der Waals surface area contributed by atoms with Crippen molar-refractivity contribution in [2.75, 3.05) is 6.54 Å². The molecule has 1 atom stereocenters. The zero-order chi connectivity index (χ0) is 13.7. The number of nitrogens with one attached hydrogen (secondary N) is 1. The first-order chi connectivity index (χ1) is 9.15. The summed E-state index contributed by atoms with van der Waals surface area (Å²) in [6, 6.07) is 9.83. The Bertz CT molecular complexity index is 493. The quantitative estimate of drug-likeness (QED) is 0.835. The van der Waals surface area contributed by atoms with Crippen LogP contribution in [0, 0.1) is 0 Å². The van der Waals surface area contributed by atoms with Crippen LogP contribution in [0.25, 0.3) is 0 Å². The van der Waals surface area contributed by atoms with E-state index >= 15 is 0 Å². The Hall–Kier alpha value is -1.94. The van der Waals surface area contributed by atoms with Gasteiger partial charge >= 0.3 is 0 Å². The fraction of sp³-hybridized carbons (Fsp3) is 0.333. The average Bonchev–Trinajstić information content (AvgIpc) is 2.40. The van der Waals surface area contributed by atoms with Gasteiger partial charge in [-0.1, -0.05) is 30.3 Å². The molecule has 2 rings (SSSR count). The van der Waals surface area contributed by atoms with Gasteiger partial charge in [0.2, 0.25) is 0 Å². The number of hydrogen-bond acceptors (Lipinski definition) is 4. The highest BCUT2D eigenvalue weighted by molar-refractivity contribution is 6.02. The van der Waals surface area contributed by atoms with E-state index < -0.39 is 0 Å². The van der Waals surface area contributed by atoms with E-state index in [-0.39, 0.29) is 17.7 Å². The van der Waals surface area contributed by atoms with Crippen LogP contribution in [0.3, 0.4) is 0 Å². The topological polar surface area (TPSA) is 55.4 Å². The van der Waals surface area contributed by atoms with Gasteiger partial charge in [-0.2, -0.15) is 0 Å². The van der Waals surface area contributed by atoms with Crippen LogP contribution in [0.2, 0.25) is 0 Å². The van der Waals surface area contributed by atoms with Crippen molar-refractivity contribution >= 4 is 11.6 Å². The van der Waals surface area contributed by atoms with Crippen molar-refractivity contribution in [1.29, 1.82) is 0 Å². The zero-order valence-corrected chi connectivity index (χ0v) is 10.9. The van der Waals surface area contributed by atoms with Gasteiger partial charge in [-0.15, -0.1) is 0 Å². The van der Waals surface area contributed by atoms with Gasteiger partial charge in [0.25, 0.3) is 0 Å². The number of ether oxygens (including phenoxy) is 1. The van der Waals surface area contributed by atoms with Crippen molar-refractivity contribution in [3.8, 4) is 0 Å². The maximum Gasteiger partial charge on any atom is 0.181 e. The molecule has 19 heavy (non-hydrogen) atoms. The molecule has 0 saturated carbocycles. The highest BCUT2D eigenvalue weighted by Gasteiger charge is 2.24. The van der Waals surface area contributed by atoms with Crippen LogP contribution in [-0.4, -0.2) is 24.2 Å². The Morgan fingerprint density at radius 1 is 1.42 bits per heavy atom. The third kappa shape index (κ3) is 4.03. The predicted octanol–water partition coefficient (Wildman–Crippen LogP) is 1.61. The largest absolute Gasteiger partial charge is 0.379 e. The summed E-state index contributed by atoms with van der Waals surface area (Å²) in [5.41, 5.74) is 1.48. The summed E-state index contributed by atoms with van der Waals surface area (Å²) in [5.74, 6) is -0.195. The fourth-order valence-electron chi connectivity index (χ4n) is 1.95. The molecule has 100 valence electrons. The summed E-state index contributed by atoms with van der Waals surface area (Å²) in [6.07, 6.45) is 1.52. The molecule has 4 heteroatoms. The summed E-state index contributed by atoms with van der Waals surface area (Å²) in [6.45, 7) is 2.48. The van der Waals surface area contributed by atoms with Crippen molar-refractivity contribution in [2.45, 2.75) is 26.1 Å². The molecule has 0 spiro atoms. The lowest BCUT2D eigenvalue weighted by Gasteiger charge is -2.24. The van der Waals surface area contributed by atoms with E-state index in [0.29, 0.717) is 25.3 Å². The fourth-order valence-corrected chi connectivity index (χ4v) is 1.95. The summed E-state index contributed by atoms with van der Waals surface area (Å²) in [7, 11) is 0. The lowest BCUT2D eigenvalue weighted by atomic mass is 10.0. The second kappa shape index (κ2) is 6.29. The molecule has 1 aliphatic rings. The van der Waals surface area contributed by atoms with Gasteiger partial charge < -0.3 is 10.1 Å². The maximum atomic E-state index is 11.8. The smallest absolute Gasteiger partial charge is 0.181 e. The van der Waals surface area contributed by atoms with Crippen LogP contribution in [0.15, 0.2) is 42.1 Å². The molecule has 1 N–H and O–H groups in total. The van der Waals surface area contributed by atoms with Crippen molar-refractivity contribution in [3.05, 3.63) is 47.7 Å². The third-order valence-corrected chi connectivity index (χ3v) is 2.91. The Labute approximate surface area is 112 Å². The summed E-state index contributed by atoms with van der Waals surface area (Å²) in [4.78, 5) is 22.7. The van der Waals surface area contributed by atoms with Gasteiger partial charge in [-0.25, -0.2) is 0 Å². The van der Waals surface area contributed by atoms with Gasteiger partial charge in [0.05, 0.1) is 18.4 Å². The molecule has 4 nitrogen and oxygen atoms in total. The highest BCUT2D eigenvalue weighted by atomic mass is 16.5. The van der Waals surface area contributed by atoms with E-state index in [0.717, 1.165) is 5.56 Å². The van der Waals surface area contributed by atoms with Gasteiger partial charge in [0, 0.05) is 19.0 Å². The maximum absolute atomic E-state index is 11.8. The molecule has 0 amide bonds. The zero-order valence-electron chi connectivity index (χ0n) is 10.9. The lowest BCUT2D eigenvalue weighted by Crippen LogP contribution is -2.39. The third-order valence-electron chi connectivity index (χ3n) is 2.91. The van der Waals surface area contributed by atoms with Crippen molar-refractivity contribution in [1.82, 2.24) is 5.32 Å². The Balaban J connectivity index is 1.86. The molecule has 1 unspecified atom stereocenters. The second-order valence-electron chi connectivity index (χ2n) is 4.60. The van der Waals surface area contributed by atoms with Crippen molar-refractivity contribution in [3.63, 3.8) is 0 Å². The first kappa shape index (κ1) is 13.5. The van der Waals surface area contributed by atoms with E-state index in [1.807, 2.05) is 30.3 Å². The number of allylic oxidation sites excluding steroid dienone is 2. The Kier molecular flexibility index (Phi) is 4.47. The summed E-state index contributed by atoms with van der Waals surface area (Å²) < 4.78 is 5.70. The predicted molar refractivity (Wildman–Crippen MR) is 71.4 cm³/mol. The second-order valence-corrected chi connectivity index (χ2v) is 4.60. The van der Waals surface area contributed by atoms with Gasteiger partial charge in [0.1, 0.15) is 0 Å². The van der Waals surface area contributed by atoms with Gasteiger partial charge in [0.15, 0.2) is 11.6 Å². The number of ketones is 2. The molecule has 1 aromatic rings. The van der Waals surface area contributed by atoms with Crippen LogP contribution >= 0.6 is 0 Å². The molecule has 1 heterocycles. The first-order valence-electron chi connectivity index (χ1n) is 6.30. The molecule has 0 radical (unpaired) electrons. The van der Waals surface area contributed by atoms with E-state index in [1.54, 1.807) is 0 Å². The van der Waals surface area contributed by atoms with E-state index in [4.69, 9.17) is 4.74 Å². The van der Waals surface area contributed by atoms with E-state index in [2.05, 4.69) is 5.32 Å². The van der Waals surface area contributed by atoms with Gasteiger partial charge in [-0.3, -0.25) is 9.59 Å². The Morgan fingerprint density at radius 3 is 2.79 bits per heavy atom. The molecule has 0 bridgehead atoms. The van der Waals surface area contributed by atoms with Crippen LogP contribution in [0.4, 0.5) is 0 Å². The summed E-state index contributed by atoms with van der Waals surface area (Å²) in [5, 5.41) is 2.95.